The van der Waals surface area contributed by atoms with Gasteiger partial charge in [0.15, 0.2) is 0 Å². The molecule has 1 fully saturated rings. The third-order valence-corrected chi connectivity index (χ3v) is 6.50. The zero-order chi connectivity index (χ0) is 19.5. The van der Waals surface area contributed by atoms with E-state index < -0.39 is 0 Å². The van der Waals surface area contributed by atoms with Crippen molar-refractivity contribution in [1.29, 1.82) is 0 Å². The Balaban J connectivity index is 1.54. The summed E-state index contributed by atoms with van der Waals surface area (Å²) in [6.45, 7) is 0.491. The van der Waals surface area contributed by atoms with Gasteiger partial charge in [-0.2, -0.15) is 0 Å². The van der Waals surface area contributed by atoms with E-state index in [0.29, 0.717) is 35.0 Å². The van der Waals surface area contributed by atoms with Crippen molar-refractivity contribution >= 4 is 29.1 Å². The van der Waals surface area contributed by atoms with Crippen LogP contribution in [0.3, 0.4) is 0 Å². The van der Waals surface area contributed by atoms with Crippen molar-refractivity contribution in [3.63, 3.8) is 0 Å². The third-order valence-electron chi connectivity index (χ3n) is 5.92. The van der Waals surface area contributed by atoms with Crippen LogP contribution in [0, 0.1) is 5.92 Å². The molecule has 3 nitrogen and oxygen atoms in total. The van der Waals surface area contributed by atoms with E-state index >= 15 is 0 Å². The largest absolute Gasteiger partial charge is 0.371 e. The second kappa shape index (κ2) is 8.59. The van der Waals surface area contributed by atoms with Crippen LogP contribution < -0.4 is 10.6 Å². The van der Waals surface area contributed by atoms with E-state index in [-0.39, 0.29) is 5.91 Å². The molecule has 28 heavy (non-hydrogen) atoms. The summed E-state index contributed by atoms with van der Waals surface area (Å²) in [5.74, 6) is 1.02. The zero-order valence-electron chi connectivity index (χ0n) is 15.7. The first-order valence-corrected chi connectivity index (χ1v) is 10.6. The fraction of sp³-hybridized carbons (Fsp3) is 0.348. The Labute approximate surface area is 176 Å². The highest BCUT2D eigenvalue weighted by atomic mass is 35.5. The van der Waals surface area contributed by atoms with E-state index in [1.807, 2.05) is 12.1 Å². The molecule has 1 aliphatic carbocycles. The summed E-state index contributed by atoms with van der Waals surface area (Å²) in [6.07, 6.45) is 5.00. The molecule has 0 spiro atoms. The Bertz CT molecular complexity index is 887. The molecule has 0 unspecified atom stereocenters. The van der Waals surface area contributed by atoms with Crippen molar-refractivity contribution in [3.05, 3.63) is 81.0 Å². The Morgan fingerprint density at radius 1 is 0.893 bits per heavy atom. The maximum Gasteiger partial charge on any atom is 0.250 e. The van der Waals surface area contributed by atoms with Crippen molar-refractivity contribution in [1.82, 2.24) is 10.6 Å². The summed E-state index contributed by atoms with van der Waals surface area (Å²) in [7, 11) is 0. The van der Waals surface area contributed by atoms with Crippen LogP contribution in [0.25, 0.3) is 0 Å². The average molecular weight is 415 g/mol. The van der Waals surface area contributed by atoms with Gasteiger partial charge in [-0.25, -0.2) is 0 Å². The molecule has 0 radical (unpaired) electrons. The van der Waals surface area contributed by atoms with Crippen LogP contribution in [-0.4, -0.2) is 12.6 Å². The number of hydrogen-bond acceptors (Lipinski definition) is 2. The first-order chi connectivity index (χ1) is 13.6. The van der Waals surface area contributed by atoms with E-state index in [1.54, 1.807) is 6.07 Å². The molecule has 0 bridgehead atoms. The molecule has 1 heterocycles. The van der Waals surface area contributed by atoms with Gasteiger partial charge in [0, 0.05) is 27.7 Å². The Kier molecular flexibility index (Phi) is 5.93. The van der Waals surface area contributed by atoms with Crippen LogP contribution in [-0.2, 0) is 11.2 Å². The monoisotopic (exact) mass is 414 g/mol. The minimum atomic E-state index is 0.00458. The Hall–Kier alpha value is -1.97. The third kappa shape index (κ3) is 4.21. The molecule has 4 rings (SSSR count). The predicted molar refractivity (Wildman–Crippen MR) is 114 cm³/mol. The standard InChI is InChI=1S/C23H24Cl2N2O/c24-19-11-10-18(21(25)13-19)12-20-22(26-14-27-23(20)28)17-8-6-16(7-9-17)15-4-2-1-3-5-15/h1-5,10-11,13,16-17,26H,6-9,12,14H2,(H,27,28). The van der Waals surface area contributed by atoms with E-state index in [0.717, 1.165) is 42.5 Å². The zero-order valence-corrected chi connectivity index (χ0v) is 17.2. The number of halogens is 2. The Morgan fingerprint density at radius 2 is 1.61 bits per heavy atom. The van der Waals surface area contributed by atoms with E-state index in [4.69, 9.17) is 23.2 Å². The fourth-order valence-electron chi connectivity index (χ4n) is 4.42. The van der Waals surface area contributed by atoms with Crippen molar-refractivity contribution in [3.8, 4) is 0 Å². The molecule has 2 aromatic carbocycles. The molecule has 0 saturated heterocycles. The van der Waals surface area contributed by atoms with Crippen LogP contribution in [0.1, 0.15) is 42.7 Å². The van der Waals surface area contributed by atoms with Gasteiger partial charge in [0.05, 0.1) is 6.67 Å². The average Bonchev–Trinajstić information content (AvgIpc) is 2.72. The summed E-state index contributed by atoms with van der Waals surface area (Å²) >= 11 is 12.4. The molecule has 1 amide bonds. The van der Waals surface area contributed by atoms with Crippen molar-refractivity contribution in [2.24, 2.45) is 5.92 Å². The minimum absolute atomic E-state index is 0.00458. The second-order valence-corrected chi connectivity index (χ2v) is 8.47. The predicted octanol–water partition coefficient (Wildman–Crippen LogP) is 5.44. The number of amides is 1. The van der Waals surface area contributed by atoms with Crippen LogP contribution >= 0.6 is 23.2 Å². The lowest BCUT2D eigenvalue weighted by Gasteiger charge is -2.34. The molecule has 5 heteroatoms. The summed E-state index contributed by atoms with van der Waals surface area (Å²) in [4.78, 5) is 12.6. The lowest BCUT2D eigenvalue weighted by atomic mass is 9.76. The maximum atomic E-state index is 12.6. The molecule has 2 aromatic rings. The second-order valence-electron chi connectivity index (χ2n) is 7.62. The molecular formula is C23H24Cl2N2O. The highest BCUT2D eigenvalue weighted by Crippen LogP contribution is 2.39. The topological polar surface area (TPSA) is 41.1 Å². The molecule has 1 saturated carbocycles. The van der Waals surface area contributed by atoms with Crippen molar-refractivity contribution in [2.45, 2.75) is 38.0 Å². The van der Waals surface area contributed by atoms with Crippen LogP contribution in [0.5, 0.6) is 0 Å². The smallest absolute Gasteiger partial charge is 0.250 e. The van der Waals surface area contributed by atoms with Gasteiger partial charge in [-0.3, -0.25) is 4.79 Å². The summed E-state index contributed by atoms with van der Waals surface area (Å²) in [5, 5.41) is 7.57. The summed E-state index contributed by atoms with van der Waals surface area (Å²) in [6, 6.07) is 16.2. The SMILES string of the molecule is O=C1NCNC(C2CCC(c3ccccc3)CC2)=C1Cc1ccc(Cl)cc1Cl. The van der Waals surface area contributed by atoms with Crippen molar-refractivity contribution in [2.75, 3.05) is 6.67 Å². The molecule has 0 atom stereocenters. The van der Waals surface area contributed by atoms with Crippen LogP contribution in [0.2, 0.25) is 10.0 Å². The summed E-state index contributed by atoms with van der Waals surface area (Å²) < 4.78 is 0. The van der Waals surface area contributed by atoms with Crippen molar-refractivity contribution < 1.29 is 4.79 Å². The minimum Gasteiger partial charge on any atom is -0.371 e. The number of allylic oxidation sites excluding steroid dienone is 1. The number of benzene rings is 2. The Morgan fingerprint density at radius 3 is 2.32 bits per heavy atom. The first kappa shape index (κ1) is 19.4. The summed E-state index contributed by atoms with van der Waals surface area (Å²) in [5.41, 5.74) is 4.26. The van der Waals surface area contributed by atoms with Gasteiger partial charge >= 0.3 is 0 Å². The molecular weight excluding hydrogens is 391 g/mol. The number of carbonyl (C=O) groups is 1. The quantitative estimate of drug-likeness (QED) is 0.698. The first-order valence-electron chi connectivity index (χ1n) is 9.86. The number of carbonyl (C=O) groups excluding carboxylic acids is 1. The van der Waals surface area contributed by atoms with Gasteiger partial charge in [0.2, 0.25) is 0 Å². The molecule has 1 aliphatic heterocycles. The number of hydrogen-bond donors (Lipinski definition) is 2. The van der Waals surface area contributed by atoms with Gasteiger partial charge in [0.1, 0.15) is 0 Å². The number of nitrogens with one attached hydrogen (secondary N) is 2. The molecule has 2 aliphatic rings. The molecule has 0 aromatic heterocycles. The lowest BCUT2D eigenvalue weighted by Crippen LogP contribution is -2.44. The van der Waals surface area contributed by atoms with E-state index in [2.05, 4.69) is 41.0 Å². The van der Waals surface area contributed by atoms with Crippen LogP contribution in [0.15, 0.2) is 59.8 Å². The maximum absolute atomic E-state index is 12.6. The lowest BCUT2D eigenvalue weighted by molar-refractivity contribution is -0.118. The van der Waals surface area contributed by atoms with Crippen LogP contribution in [0.4, 0.5) is 0 Å². The fourth-order valence-corrected chi connectivity index (χ4v) is 4.89. The van der Waals surface area contributed by atoms with E-state index in [9.17, 15) is 4.79 Å². The van der Waals surface area contributed by atoms with Gasteiger partial charge in [0.25, 0.3) is 5.91 Å². The highest BCUT2D eigenvalue weighted by molar-refractivity contribution is 6.35. The molecule has 146 valence electrons. The highest BCUT2D eigenvalue weighted by Gasteiger charge is 2.30. The van der Waals surface area contributed by atoms with Gasteiger partial charge in [-0.1, -0.05) is 59.6 Å². The van der Waals surface area contributed by atoms with E-state index in [1.165, 1.54) is 5.56 Å². The number of rotatable bonds is 4. The molecule has 2 N–H and O–H groups in total. The van der Waals surface area contributed by atoms with Gasteiger partial charge in [-0.15, -0.1) is 0 Å². The normalized spacial score (nSPS) is 22.6. The van der Waals surface area contributed by atoms with Gasteiger partial charge in [-0.05, 0) is 60.8 Å². The van der Waals surface area contributed by atoms with Gasteiger partial charge < -0.3 is 10.6 Å².